The quantitative estimate of drug-likeness (QED) is 0.506. The molecule has 2 aromatic carbocycles. The van der Waals surface area contributed by atoms with Gasteiger partial charge in [0.2, 0.25) is 0 Å². The summed E-state index contributed by atoms with van der Waals surface area (Å²) in [6.45, 7) is 8.59. The van der Waals surface area contributed by atoms with Crippen LogP contribution in [0.25, 0.3) is 5.69 Å². The van der Waals surface area contributed by atoms with Crippen molar-refractivity contribution < 1.29 is 19.1 Å². The van der Waals surface area contributed by atoms with Crippen LogP contribution in [0.1, 0.15) is 52.2 Å². The molecular weight excluding hydrogens is 420 g/mol. The van der Waals surface area contributed by atoms with Crippen LogP contribution in [0.3, 0.4) is 0 Å². The predicted molar refractivity (Wildman–Crippen MR) is 126 cm³/mol. The molecule has 0 bridgehead atoms. The highest BCUT2D eigenvalue weighted by molar-refractivity contribution is 5.99. The van der Waals surface area contributed by atoms with E-state index in [1.165, 1.54) is 13.3 Å². The number of rotatable bonds is 8. The number of carbonyl (C=O) groups is 2. The fourth-order valence-electron chi connectivity index (χ4n) is 3.26. The molecule has 0 saturated heterocycles. The van der Waals surface area contributed by atoms with Crippen molar-refractivity contribution >= 4 is 11.8 Å². The first kappa shape index (κ1) is 23.8. The van der Waals surface area contributed by atoms with Crippen molar-refractivity contribution in [3.8, 4) is 17.2 Å². The summed E-state index contributed by atoms with van der Waals surface area (Å²) in [5.74, 6) is 0.615. The highest BCUT2D eigenvalue weighted by Crippen LogP contribution is 2.28. The minimum Gasteiger partial charge on any atom is -0.493 e. The van der Waals surface area contributed by atoms with Gasteiger partial charge in [-0.3, -0.25) is 20.4 Å². The van der Waals surface area contributed by atoms with Gasteiger partial charge in [-0.1, -0.05) is 32.0 Å². The molecule has 0 unspecified atom stereocenters. The monoisotopic (exact) mass is 450 g/mol. The molecule has 0 saturated carbocycles. The number of hydrazine groups is 1. The van der Waals surface area contributed by atoms with Crippen molar-refractivity contribution in [2.24, 2.45) is 5.92 Å². The molecule has 1 aromatic heterocycles. The third kappa shape index (κ3) is 5.71. The van der Waals surface area contributed by atoms with Gasteiger partial charge in [-0.05, 0) is 56.0 Å². The number of para-hydroxylation sites is 1. The molecule has 1 heterocycles. The first-order chi connectivity index (χ1) is 15.8. The van der Waals surface area contributed by atoms with Crippen LogP contribution in [0.15, 0.2) is 48.7 Å². The Hall–Kier alpha value is -3.81. The van der Waals surface area contributed by atoms with Crippen LogP contribution in [-0.4, -0.2) is 35.3 Å². The van der Waals surface area contributed by atoms with Gasteiger partial charge in [0.1, 0.15) is 0 Å². The lowest BCUT2D eigenvalue weighted by atomic mass is 10.1. The van der Waals surface area contributed by atoms with Gasteiger partial charge in [-0.2, -0.15) is 5.10 Å². The van der Waals surface area contributed by atoms with Gasteiger partial charge in [0.15, 0.2) is 11.5 Å². The largest absolute Gasteiger partial charge is 0.493 e. The van der Waals surface area contributed by atoms with Crippen LogP contribution in [0.5, 0.6) is 11.5 Å². The Labute approximate surface area is 193 Å². The molecule has 0 aliphatic rings. The van der Waals surface area contributed by atoms with E-state index in [2.05, 4.69) is 29.8 Å². The molecule has 2 amide bonds. The van der Waals surface area contributed by atoms with Gasteiger partial charge in [-0.15, -0.1) is 0 Å². The average Bonchev–Trinajstić information content (AvgIpc) is 3.18. The standard InChI is InChI=1S/C25H30N4O4/c1-16(2)12-13-33-22-11-10-19(14-23(22)32-5)24(30)27-28-25(31)20-15-26-29(18(20)4)21-9-7-6-8-17(21)3/h6-11,14-16H,12-13H2,1-5H3,(H,27,30)(H,28,31). The van der Waals surface area contributed by atoms with E-state index in [0.29, 0.717) is 40.8 Å². The number of ether oxygens (including phenoxy) is 2. The molecule has 8 nitrogen and oxygen atoms in total. The van der Waals surface area contributed by atoms with Crippen LogP contribution in [0.2, 0.25) is 0 Å². The normalized spacial score (nSPS) is 10.7. The zero-order valence-electron chi connectivity index (χ0n) is 19.6. The molecule has 0 aliphatic carbocycles. The van der Waals surface area contributed by atoms with Gasteiger partial charge in [0.25, 0.3) is 11.8 Å². The number of nitrogens with one attached hydrogen (secondary N) is 2. The maximum Gasteiger partial charge on any atom is 0.273 e. The fraction of sp³-hybridized carbons (Fsp3) is 0.320. The molecule has 0 radical (unpaired) electrons. The summed E-state index contributed by atoms with van der Waals surface area (Å²) >= 11 is 0. The summed E-state index contributed by atoms with van der Waals surface area (Å²) < 4.78 is 12.8. The summed E-state index contributed by atoms with van der Waals surface area (Å²) in [6, 6.07) is 12.7. The molecule has 2 N–H and O–H groups in total. The summed E-state index contributed by atoms with van der Waals surface area (Å²) in [5, 5.41) is 4.33. The van der Waals surface area contributed by atoms with Crippen molar-refractivity contribution in [1.29, 1.82) is 0 Å². The van der Waals surface area contributed by atoms with Crippen molar-refractivity contribution in [3.05, 3.63) is 71.0 Å². The number of methoxy groups -OCH3 is 1. The van der Waals surface area contributed by atoms with Gasteiger partial charge in [0.05, 0.1) is 36.9 Å². The minimum absolute atomic E-state index is 0.329. The second-order valence-electron chi connectivity index (χ2n) is 8.15. The molecule has 0 spiro atoms. The zero-order chi connectivity index (χ0) is 24.0. The van der Waals surface area contributed by atoms with E-state index in [1.54, 1.807) is 29.8 Å². The van der Waals surface area contributed by atoms with Crippen LogP contribution < -0.4 is 20.3 Å². The van der Waals surface area contributed by atoms with Crippen molar-refractivity contribution in [3.63, 3.8) is 0 Å². The Morgan fingerprint density at radius 3 is 2.45 bits per heavy atom. The van der Waals surface area contributed by atoms with E-state index in [9.17, 15) is 9.59 Å². The Bertz CT molecular complexity index is 1140. The van der Waals surface area contributed by atoms with Gasteiger partial charge < -0.3 is 9.47 Å². The van der Waals surface area contributed by atoms with Gasteiger partial charge in [0, 0.05) is 5.56 Å². The highest BCUT2D eigenvalue weighted by atomic mass is 16.5. The molecule has 174 valence electrons. The summed E-state index contributed by atoms with van der Waals surface area (Å²) in [5.41, 5.74) is 8.18. The number of nitrogens with zero attached hydrogens (tertiary/aromatic N) is 2. The Morgan fingerprint density at radius 2 is 1.76 bits per heavy atom. The highest BCUT2D eigenvalue weighted by Gasteiger charge is 2.17. The Kier molecular flexibility index (Phi) is 7.71. The molecule has 8 heteroatoms. The number of hydrogen-bond acceptors (Lipinski definition) is 5. The Morgan fingerprint density at radius 1 is 1.03 bits per heavy atom. The first-order valence-corrected chi connectivity index (χ1v) is 10.8. The van der Waals surface area contributed by atoms with E-state index in [-0.39, 0.29) is 0 Å². The van der Waals surface area contributed by atoms with E-state index in [4.69, 9.17) is 9.47 Å². The van der Waals surface area contributed by atoms with Crippen molar-refractivity contribution in [2.75, 3.05) is 13.7 Å². The van der Waals surface area contributed by atoms with Crippen LogP contribution >= 0.6 is 0 Å². The minimum atomic E-state index is -0.473. The van der Waals surface area contributed by atoms with E-state index < -0.39 is 11.8 Å². The van der Waals surface area contributed by atoms with Crippen LogP contribution in [0.4, 0.5) is 0 Å². The number of benzene rings is 2. The predicted octanol–water partition coefficient (Wildman–Crippen LogP) is 4.00. The number of carbonyl (C=O) groups excluding carboxylic acids is 2. The second kappa shape index (κ2) is 10.7. The van der Waals surface area contributed by atoms with Crippen molar-refractivity contribution in [1.82, 2.24) is 20.6 Å². The lowest BCUT2D eigenvalue weighted by Gasteiger charge is -2.13. The maximum atomic E-state index is 12.7. The maximum absolute atomic E-state index is 12.7. The van der Waals surface area contributed by atoms with Crippen LogP contribution in [0, 0.1) is 19.8 Å². The molecule has 0 aliphatic heterocycles. The summed E-state index contributed by atoms with van der Waals surface area (Å²) in [4.78, 5) is 25.2. The van der Waals surface area contributed by atoms with Gasteiger partial charge in [-0.25, -0.2) is 4.68 Å². The lowest BCUT2D eigenvalue weighted by Crippen LogP contribution is -2.41. The Balaban J connectivity index is 1.65. The number of aryl methyl sites for hydroxylation is 1. The SMILES string of the molecule is COc1cc(C(=O)NNC(=O)c2cnn(-c3ccccc3C)c2C)ccc1OCCC(C)C. The van der Waals surface area contributed by atoms with Crippen LogP contribution in [-0.2, 0) is 0 Å². The van der Waals surface area contributed by atoms with E-state index in [0.717, 1.165) is 17.7 Å². The summed E-state index contributed by atoms with van der Waals surface area (Å²) in [7, 11) is 1.52. The molecule has 3 rings (SSSR count). The topological polar surface area (TPSA) is 94.5 Å². The molecule has 0 atom stereocenters. The third-order valence-electron chi connectivity index (χ3n) is 5.27. The molecular formula is C25H30N4O4. The van der Waals surface area contributed by atoms with Crippen molar-refractivity contribution in [2.45, 2.75) is 34.1 Å². The average molecular weight is 451 g/mol. The summed E-state index contributed by atoms with van der Waals surface area (Å²) in [6.07, 6.45) is 2.40. The number of aromatic nitrogens is 2. The zero-order valence-corrected chi connectivity index (χ0v) is 19.6. The van der Waals surface area contributed by atoms with Gasteiger partial charge >= 0.3 is 0 Å². The first-order valence-electron chi connectivity index (χ1n) is 10.8. The lowest BCUT2D eigenvalue weighted by molar-refractivity contribution is 0.0846. The second-order valence-corrected chi connectivity index (χ2v) is 8.15. The molecule has 0 fully saturated rings. The van der Waals surface area contributed by atoms with E-state index >= 15 is 0 Å². The molecule has 3 aromatic rings. The smallest absolute Gasteiger partial charge is 0.273 e. The molecule has 33 heavy (non-hydrogen) atoms. The third-order valence-corrected chi connectivity index (χ3v) is 5.27. The number of hydrogen-bond donors (Lipinski definition) is 2. The van der Waals surface area contributed by atoms with E-state index in [1.807, 2.05) is 31.2 Å². The number of amides is 2. The fourth-order valence-corrected chi connectivity index (χ4v) is 3.26.